The van der Waals surface area contributed by atoms with Crippen LogP contribution in [0.4, 0.5) is 19.2 Å². The lowest BCUT2D eigenvalue weighted by atomic mass is 10.3. The van der Waals surface area contributed by atoms with Crippen LogP contribution in [-0.4, -0.2) is 59.9 Å². The molecular weight excluding hydrogens is 267 g/mol. The number of carboxylic acid groups (broad SMARTS) is 1. The molecule has 1 aliphatic rings. The van der Waals surface area contributed by atoms with Crippen LogP contribution in [0.5, 0.6) is 0 Å². The summed E-state index contributed by atoms with van der Waals surface area (Å²) in [5.41, 5.74) is -0.215. The summed E-state index contributed by atoms with van der Waals surface area (Å²) in [5, 5.41) is 8.69. The molecule has 106 valence electrons. The van der Waals surface area contributed by atoms with Crippen LogP contribution in [0.3, 0.4) is 0 Å². The number of anilines is 1. The molecule has 1 aromatic heterocycles. The SMILES string of the molecule is O=C(O)c1coc(N2CCN(CC(F)(F)F)CC2)n1. The first-order valence-corrected chi connectivity index (χ1v) is 5.58. The minimum atomic E-state index is -4.21. The molecule has 1 saturated heterocycles. The van der Waals surface area contributed by atoms with Crippen LogP contribution in [0, 0.1) is 0 Å². The Balaban J connectivity index is 1.90. The maximum atomic E-state index is 12.2. The second-order valence-corrected chi connectivity index (χ2v) is 4.20. The highest BCUT2D eigenvalue weighted by Gasteiger charge is 2.32. The summed E-state index contributed by atoms with van der Waals surface area (Å²) in [6.07, 6.45) is -3.19. The van der Waals surface area contributed by atoms with E-state index in [-0.39, 0.29) is 24.8 Å². The van der Waals surface area contributed by atoms with E-state index in [2.05, 4.69) is 4.98 Å². The standard InChI is InChI=1S/C10H12F3N3O3/c11-10(12,13)6-15-1-3-16(4-2-15)9-14-7(5-19-9)8(17)18/h5H,1-4,6H2,(H,17,18). The largest absolute Gasteiger partial charge is 0.476 e. The molecule has 0 spiro atoms. The van der Waals surface area contributed by atoms with E-state index in [1.165, 1.54) is 4.90 Å². The van der Waals surface area contributed by atoms with Crippen molar-refractivity contribution in [2.75, 3.05) is 37.6 Å². The van der Waals surface area contributed by atoms with Gasteiger partial charge >= 0.3 is 12.1 Å². The molecule has 0 saturated carbocycles. The van der Waals surface area contributed by atoms with E-state index in [9.17, 15) is 18.0 Å². The van der Waals surface area contributed by atoms with Gasteiger partial charge in [-0.05, 0) is 0 Å². The van der Waals surface area contributed by atoms with Crippen LogP contribution >= 0.6 is 0 Å². The molecule has 2 rings (SSSR count). The summed E-state index contributed by atoms with van der Waals surface area (Å²) in [6.45, 7) is 0.146. The van der Waals surface area contributed by atoms with Gasteiger partial charge in [-0.2, -0.15) is 18.2 Å². The molecule has 9 heteroatoms. The van der Waals surface area contributed by atoms with Gasteiger partial charge in [-0.1, -0.05) is 0 Å². The lowest BCUT2D eigenvalue weighted by Crippen LogP contribution is -2.49. The number of alkyl halides is 3. The van der Waals surface area contributed by atoms with E-state index in [0.29, 0.717) is 13.1 Å². The molecule has 1 aliphatic heterocycles. The average Bonchev–Trinajstić information content (AvgIpc) is 2.77. The van der Waals surface area contributed by atoms with Crippen molar-refractivity contribution < 1.29 is 27.5 Å². The summed E-state index contributed by atoms with van der Waals surface area (Å²) in [4.78, 5) is 17.3. The van der Waals surface area contributed by atoms with Gasteiger partial charge in [0.2, 0.25) is 0 Å². The van der Waals surface area contributed by atoms with E-state index >= 15 is 0 Å². The Hall–Kier alpha value is -1.77. The molecule has 1 N–H and O–H groups in total. The number of oxazole rings is 1. The predicted octanol–water partition coefficient (Wildman–Crippen LogP) is 1.06. The third-order valence-corrected chi connectivity index (χ3v) is 2.76. The van der Waals surface area contributed by atoms with E-state index in [0.717, 1.165) is 6.26 Å². The fourth-order valence-corrected chi connectivity index (χ4v) is 1.86. The maximum Gasteiger partial charge on any atom is 0.401 e. The van der Waals surface area contributed by atoms with Crippen LogP contribution in [0.25, 0.3) is 0 Å². The van der Waals surface area contributed by atoms with Crippen LogP contribution < -0.4 is 4.90 Å². The highest BCUT2D eigenvalue weighted by molar-refractivity contribution is 5.85. The highest BCUT2D eigenvalue weighted by Crippen LogP contribution is 2.20. The van der Waals surface area contributed by atoms with Crippen LogP contribution in [0.15, 0.2) is 10.7 Å². The molecule has 2 heterocycles. The third-order valence-electron chi connectivity index (χ3n) is 2.76. The fourth-order valence-electron chi connectivity index (χ4n) is 1.86. The summed E-state index contributed by atoms with van der Waals surface area (Å²) in [5.74, 6) is -1.20. The molecule has 19 heavy (non-hydrogen) atoms. The van der Waals surface area contributed by atoms with E-state index in [4.69, 9.17) is 9.52 Å². The van der Waals surface area contributed by atoms with Gasteiger partial charge in [-0.25, -0.2) is 4.79 Å². The van der Waals surface area contributed by atoms with Crippen LogP contribution in [-0.2, 0) is 0 Å². The summed E-state index contributed by atoms with van der Waals surface area (Å²) < 4.78 is 41.6. The minimum absolute atomic E-state index is 0.129. The summed E-state index contributed by atoms with van der Waals surface area (Å²) in [7, 11) is 0. The Labute approximate surface area is 106 Å². The first-order valence-electron chi connectivity index (χ1n) is 5.58. The van der Waals surface area contributed by atoms with Crippen molar-refractivity contribution in [3.63, 3.8) is 0 Å². The van der Waals surface area contributed by atoms with Gasteiger partial charge < -0.3 is 14.4 Å². The molecule has 0 unspecified atom stereocenters. The van der Waals surface area contributed by atoms with Crippen molar-refractivity contribution >= 4 is 12.0 Å². The minimum Gasteiger partial charge on any atom is -0.476 e. The van der Waals surface area contributed by atoms with Crippen molar-refractivity contribution in [3.8, 4) is 0 Å². The molecule has 0 amide bonds. The summed E-state index contributed by atoms with van der Waals surface area (Å²) in [6, 6.07) is 0.129. The molecule has 0 atom stereocenters. The monoisotopic (exact) mass is 279 g/mol. The molecule has 0 aromatic carbocycles. The second kappa shape index (κ2) is 5.08. The van der Waals surface area contributed by atoms with Gasteiger partial charge in [0.25, 0.3) is 6.01 Å². The number of rotatable bonds is 3. The van der Waals surface area contributed by atoms with Gasteiger partial charge in [0.05, 0.1) is 6.54 Å². The van der Waals surface area contributed by atoms with Crippen molar-refractivity contribution in [2.45, 2.75) is 6.18 Å². The number of nitrogens with zero attached hydrogens (tertiary/aromatic N) is 3. The number of hydrogen-bond acceptors (Lipinski definition) is 5. The van der Waals surface area contributed by atoms with Crippen molar-refractivity contribution in [1.29, 1.82) is 0 Å². The van der Waals surface area contributed by atoms with Crippen LogP contribution in [0.2, 0.25) is 0 Å². The smallest absolute Gasteiger partial charge is 0.401 e. The fraction of sp³-hybridized carbons (Fsp3) is 0.600. The first-order chi connectivity index (χ1) is 8.85. The lowest BCUT2D eigenvalue weighted by molar-refractivity contribution is -0.146. The number of hydrogen-bond donors (Lipinski definition) is 1. The number of carbonyl (C=O) groups is 1. The Bertz CT molecular complexity index is 452. The molecule has 0 radical (unpaired) electrons. The van der Waals surface area contributed by atoms with E-state index < -0.39 is 18.7 Å². The Morgan fingerprint density at radius 2 is 2.00 bits per heavy atom. The Morgan fingerprint density at radius 3 is 2.47 bits per heavy atom. The number of piperazine rings is 1. The number of aromatic carboxylic acids is 1. The van der Waals surface area contributed by atoms with Gasteiger partial charge in [-0.15, -0.1) is 0 Å². The zero-order valence-electron chi connectivity index (χ0n) is 9.85. The van der Waals surface area contributed by atoms with Crippen molar-refractivity contribution in [1.82, 2.24) is 9.88 Å². The summed E-state index contributed by atoms with van der Waals surface area (Å²) >= 11 is 0. The van der Waals surface area contributed by atoms with Crippen molar-refractivity contribution in [3.05, 3.63) is 12.0 Å². The van der Waals surface area contributed by atoms with Crippen molar-refractivity contribution in [2.24, 2.45) is 0 Å². The number of carboxylic acids is 1. The molecular formula is C10H12F3N3O3. The maximum absolute atomic E-state index is 12.2. The van der Waals surface area contributed by atoms with Gasteiger partial charge in [0, 0.05) is 26.2 Å². The quantitative estimate of drug-likeness (QED) is 0.892. The van der Waals surface area contributed by atoms with Crippen LogP contribution in [0.1, 0.15) is 10.5 Å². The third kappa shape index (κ3) is 3.60. The number of aromatic nitrogens is 1. The van der Waals surface area contributed by atoms with Gasteiger partial charge in [0.1, 0.15) is 6.26 Å². The molecule has 1 aromatic rings. The zero-order chi connectivity index (χ0) is 14.0. The highest BCUT2D eigenvalue weighted by atomic mass is 19.4. The Morgan fingerprint density at radius 1 is 1.37 bits per heavy atom. The Kier molecular flexibility index (Phi) is 3.65. The topological polar surface area (TPSA) is 69.8 Å². The average molecular weight is 279 g/mol. The zero-order valence-corrected chi connectivity index (χ0v) is 9.85. The first kappa shape index (κ1) is 13.7. The lowest BCUT2D eigenvalue weighted by Gasteiger charge is -2.33. The number of halogens is 3. The molecule has 1 fully saturated rings. The van der Waals surface area contributed by atoms with E-state index in [1.54, 1.807) is 4.90 Å². The molecule has 0 aliphatic carbocycles. The van der Waals surface area contributed by atoms with E-state index in [1.807, 2.05) is 0 Å². The van der Waals surface area contributed by atoms with Gasteiger partial charge in [-0.3, -0.25) is 4.90 Å². The normalized spacial score (nSPS) is 17.7. The predicted molar refractivity (Wildman–Crippen MR) is 58.2 cm³/mol. The molecule has 0 bridgehead atoms. The molecule has 6 nitrogen and oxygen atoms in total. The van der Waals surface area contributed by atoms with Gasteiger partial charge in [0.15, 0.2) is 5.69 Å². The second-order valence-electron chi connectivity index (χ2n) is 4.20.